The first-order chi connectivity index (χ1) is 18.1. The largest absolute Gasteiger partial charge is 0.345 e. The van der Waals surface area contributed by atoms with Crippen LogP contribution in [0.3, 0.4) is 0 Å². The molecule has 2 amide bonds. The Morgan fingerprint density at radius 3 is 2.16 bits per heavy atom. The van der Waals surface area contributed by atoms with Crippen LogP contribution < -0.4 is 15.4 Å². The van der Waals surface area contributed by atoms with Crippen molar-refractivity contribution < 1.29 is 18.0 Å². The molecule has 0 radical (unpaired) electrons. The molecule has 4 aromatic rings. The van der Waals surface area contributed by atoms with E-state index in [9.17, 15) is 18.0 Å². The Morgan fingerprint density at radius 2 is 1.45 bits per heavy atom. The molecule has 9 heteroatoms. The van der Waals surface area contributed by atoms with Gasteiger partial charge >= 0.3 is 0 Å². The van der Waals surface area contributed by atoms with Crippen LogP contribution in [0.2, 0.25) is 5.02 Å². The quantitative estimate of drug-likeness (QED) is 0.244. The molecule has 0 saturated heterocycles. The van der Waals surface area contributed by atoms with Gasteiger partial charge in [0, 0.05) is 5.69 Å². The second-order valence-corrected chi connectivity index (χ2v) is 10.8. The minimum Gasteiger partial charge on any atom is -0.345 e. The number of hydrogen-bond acceptors (Lipinski definition) is 4. The lowest BCUT2D eigenvalue weighted by molar-refractivity contribution is 0.0940. The lowest BCUT2D eigenvalue weighted by Gasteiger charge is -2.17. The Labute approximate surface area is 226 Å². The Bertz CT molecular complexity index is 1570. The maximum Gasteiger partial charge on any atom is 0.261 e. The van der Waals surface area contributed by atoms with Gasteiger partial charge in [-0.3, -0.25) is 14.3 Å². The van der Waals surface area contributed by atoms with E-state index in [1.54, 1.807) is 36.4 Å². The number of carbonyl (C=O) groups is 2. The second-order valence-electron chi connectivity index (χ2n) is 8.72. The van der Waals surface area contributed by atoms with Gasteiger partial charge in [0.1, 0.15) is 0 Å². The molecule has 1 unspecified atom stereocenters. The normalized spacial score (nSPS) is 11.9. The van der Waals surface area contributed by atoms with E-state index in [-0.39, 0.29) is 44.4 Å². The number of aryl methyl sites for hydroxylation is 1. The van der Waals surface area contributed by atoms with Gasteiger partial charge in [0.2, 0.25) is 0 Å². The first kappa shape index (κ1) is 26.9. The predicted molar refractivity (Wildman–Crippen MR) is 150 cm³/mol. The van der Waals surface area contributed by atoms with Crippen molar-refractivity contribution in [1.82, 2.24) is 5.32 Å². The summed E-state index contributed by atoms with van der Waals surface area (Å²) in [6, 6.07) is 26.5. The minimum atomic E-state index is -3.87. The summed E-state index contributed by atoms with van der Waals surface area (Å²) in [6.45, 7) is 3.73. The second kappa shape index (κ2) is 11.5. The summed E-state index contributed by atoms with van der Waals surface area (Å²) in [4.78, 5) is 26.3. The number of carbonyl (C=O) groups excluding carboxylic acids is 2. The predicted octanol–water partition coefficient (Wildman–Crippen LogP) is 6.19. The van der Waals surface area contributed by atoms with E-state index < -0.39 is 15.9 Å². The molecule has 0 bridgehead atoms. The van der Waals surface area contributed by atoms with Crippen LogP contribution in [-0.4, -0.2) is 20.2 Å². The molecule has 0 saturated carbocycles. The molecule has 194 valence electrons. The van der Waals surface area contributed by atoms with Crippen molar-refractivity contribution in [2.75, 3.05) is 10.0 Å². The van der Waals surface area contributed by atoms with E-state index >= 15 is 0 Å². The van der Waals surface area contributed by atoms with Gasteiger partial charge < -0.3 is 10.6 Å². The third-order valence-electron chi connectivity index (χ3n) is 5.86. The molecule has 0 aliphatic rings. The fourth-order valence-corrected chi connectivity index (χ4v) is 5.03. The average Bonchev–Trinajstić information content (AvgIpc) is 2.90. The van der Waals surface area contributed by atoms with Crippen LogP contribution in [-0.2, 0) is 10.0 Å². The Kier molecular flexibility index (Phi) is 8.14. The van der Waals surface area contributed by atoms with Crippen LogP contribution in [0.5, 0.6) is 0 Å². The maximum absolute atomic E-state index is 13.2. The molecule has 0 aliphatic carbocycles. The Morgan fingerprint density at radius 1 is 0.789 bits per heavy atom. The van der Waals surface area contributed by atoms with Gasteiger partial charge in [0.25, 0.3) is 21.8 Å². The number of anilines is 2. The van der Waals surface area contributed by atoms with E-state index in [0.29, 0.717) is 0 Å². The SMILES string of the molecule is Cc1ccc(S(=O)(=O)Nc2ccc(Cl)c(C(=O)Nc3ccccc3C(=O)NC(C)c3ccccc3)c2)cc1. The first-order valence-electron chi connectivity index (χ1n) is 11.8. The van der Waals surface area contributed by atoms with Crippen molar-refractivity contribution in [3.8, 4) is 0 Å². The monoisotopic (exact) mass is 547 g/mol. The van der Waals surface area contributed by atoms with Crippen LogP contribution in [0.15, 0.2) is 102 Å². The standard InChI is InChI=1S/C29H26ClN3O4S/c1-19-12-15-23(16-13-19)38(36,37)33-22-14-17-26(30)25(18-22)29(35)32-27-11-7-6-10-24(27)28(34)31-20(2)21-8-4-3-5-9-21/h3-18,20,33H,1-2H3,(H,31,34)(H,32,35). The summed E-state index contributed by atoms with van der Waals surface area (Å²) in [6.07, 6.45) is 0. The summed E-state index contributed by atoms with van der Waals surface area (Å²) in [5.74, 6) is -0.953. The van der Waals surface area contributed by atoms with Crippen LogP contribution in [0.25, 0.3) is 0 Å². The summed E-state index contributed by atoms with van der Waals surface area (Å²) in [7, 11) is -3.87. The molecule has 38 heavy (non-hydrogen) atoms. The zero-order valence-electron chi connectivity index (χ0n) is 20.7. The van der Waals surface area contributed by atoms with Crippen LogP contribution >= 0.6 is 11.6 Å². The Balaban J connectivity index is 1.53. The molecule has 1 atom stereocenters. The summed E-state index contributed by atoms with van der Waals surface area (Å²) in [5, 5.41) is 5.79. The van der Waals surface area contributed by atoms with Gasteiger partial charge in [-0.15, -0.1) is 0 Å². The molecule has 3 N–H and O–H groups in total. The van der Waals surface area contributed by atoms with Gasteiger partial charge in [-0.2, -0.15) is 0 Å². The fraction of sp³-hybridized carbons (Fsp3) is 0.103. The van der Waals surface area contributed by atoms with Crippen molar-refractivity contribution in [2.45, 2.75) is 24.8 Å². The van der Waals surface area contributed by atoms with Crippen molar-refractivity contribution in [2.24, 2.45) is 0 Å². The van der Waals surface area contributed by atoms with Gasteiger partial charge in [-0.05, 0) is 61.9 Å². The highest BCUT2D eigenvalue weighted by atomic mass is 35.5. The Hall–Kier alpha value is -4.14. The summed E-state index contributed by atoms with van der Waals surface area (Å²) >= 11 is 6.28. The molecule has 4 rings (SSSR count). The summed E-state index contributed by atoms with van der Waals surface area (Å²) < 4.78 is 28.1. The van der Waals surface area contributed by atoms with Gasteiger partial charge in [0.05, 0.1) is 32.8 Å². The summed E-state index contributed by atoms with van der Waals surface area (Å²) in [5.41, 5.74) is 2.65. The molecule has 0 aliphatic heterocycles. The molecule has 0 heterocycles. The minimum absolute atomic E-state index is 0.0450. The van der Waals surface area contributed by atoms with E-state index in [2.05, 4.69) is 15.4 Å². The number of rotatable bonds is 8. The number of nitrogens with one attached hydrogen (secondary N) is 3. The van der Waals surface area contributed by atoms with Crippen LogP contribution in [0, 0.1) is 6.92 Å². The fourth-order valence-electron chi connectivity index (χ4n) is 3.77. The molecular formula is C29H26ClN3O4S. The molecule has 0 spiro atoms. The topological polar surface area (TPSA) is 104 Å². The zero-order chi connectivity index (χ0) is 27.3. The van der Waals surface area contributed by atoms with Crippen LogP contribution in [0.4, 0.5) is 11.4 Å². The number of sulfonamides is 1. The van der Waals surface area contributed by atoms with E-state index in [1.807, 2.05) is 44.2 Å². The lowest BCUT2D eigenvalue weighted by Crippen LogP contribution is -2.28. The highest BCUT2D eigenvalue weighted by Crippen LogP contribution is 2.25. The third-order valence-corrected chi connectivity index (χ3v) is 7.59. The lowest BCUT2D eigenvalue weighted by atomic mass is 10.1. The number of halogens is 1. The molecular weight excluding hydrogens is 522 g/mol. The first-order valence-corrected chi connectivity index (χ1v) is 13.7. The zero-order valence-corrected chi connectivity index (χ0v) is 22.3. The molecule has 0 aromatic heterocycles. The molecule has 4 aromatic carbocycles. The molecule has 0 fully saturated rings. The van der Waals surface area contributed by atoms with Crippen molar-refractivity contribution >= 4 is 44.8 Å². The number of hydrogen-bond donors (Lipinski definition) is 3. The van der Waals surface area contributed by atoms with E-state index in [1.165, 1.54) is 30.3 Å². The average molecular weight is 548 g/mol. The number of amides is 2. The number of benzene rings is 4. The van der Waals surface area contributed by atoms with Crippen molar-refractivity contribution in [3.05, 3.63) is 124 Å². The van der Waals surface area contributed by atoms with Gasteiger partial charge in [0.15, 0.2) is 0 Å². The van der Waals surface area contributed by atoms with Crippen LogP contribution in [0.1, 0.15) is 44.8 Å². The number of para-hydroxylation sites is 1. The highest BCUT2D eigenvalue weighted by Gasteiger charge is 2.20. The third kappa shape index (κ3) is 6.40. The maximum atomic E-state index is 13.2. The van der Waals surface area contributed by atoms with E-state index in [0.717, 1.165) is 11.1 Å². The van der Waals surface area contributed by atoms with Crippen molar-refractivity contribution in [3.63, 3.8) is 0 Å². The van der Waals surface area contributed by atoms with Crippen molar-refractivity contribution in [1.29, 1.82) is 0 Å². The molecule has 7 nitrogen and oxygen atoms in total. The highest BCUT2D eigenvalue weighted by molar-refractivity contribution is 7.92. The van der Waals surface area contributed by atoms with E-state index in [4.69, 9.17) is 11.6 Å². The van der Waals surface area contributed by atoms with Gasteiger partial charge in [-0.1, -0.05) is 71.8 Å². The smallest absolute Gasteiger partial charge is 0.261 e. The van der Waals surface area contributed by atoms with Gasteiger partial charge in [-0.25, -0.2) is 8.42 Å².